The van der Waals surface area contributed by atoms with Crippen LogP contribution in [0, 0.1) is 0 Å². The molecule has 1 aromatic rings. The highest BCUT2D eigenvalue weighted by Crippen LogP contribution is 2.37. The maximum Gasteiger partial charge on any atom is 0.119 e. The number of benzene rings is 1. The molecule has 1 saturated carbocycles. The van der Waals surface area contributed by atoms with E-state index in [9.17, 15) is 0 Å². The molecule has 0 saturated heterocycles. The predicted molar refractivity (Wildman–Crippen MR) is 60.6 cm³/mol. The van der Waals surface area contributed by atoms with Crippen molar-refractivity contribution in [2.45, 2.75) is 24.8 Å². The van der Waals surface area contributed by atoms with Crippen LogP contribution in [0.4, 0.5) is 0 Å². The summed E-state index contributed by atoms with van der Waals surface area (Å²) in [5.74, 6) is 0.896. The zero-order valence-electron chi connectivity index (χ0n) is 8.22. The van der Waals surface area contributed by atoms with Crippen molar-refractivity contribution in [3.05, 3.63) is 28.2 Å². The second kappa shape index (κ2) is 3.55. The summed E-state index contributed by atoms with van der Waals surface area (Å²) >= 11 is 3.53. The number of hydrogen-bond acceptors (Lipinski definition) is 2. The van der Waals surface area contributed by atoms with Crippen LogP contribution in [0.25, 0.3) is 0 Å². The highest BCUT2D eigenvalue weighted by atomic mass is 79.9. The molecule has 1 aliphatic carbocycles. The van der Waals surface area contributed by atoms with E-state index in [1.165, 1.54) is 5.56 Å². The van der Waals surface area contributed by atoms with Gasteiger partial charge in [0.2, 0.25) is 0 Å². The number of ether oxygens (including phenoxy) is 1. The van der Waals surface area contributed by atoms with Crippen LogP contribution in [0.2, 0.25) is 0 Å². The van der Waals surface area contributed by atoms with Crippen molar-refractivity contribution in [2.75, 3.05) is 7.11 Å². The van der Waals surface area contributed by atoms with E-state index in [1.54, 1.807) is 7.11 Å². The molecule has 2 N–H and O–H groups in total. The van der Waals surface area contributed by atoms with Gasteiger partial charge in [-0.15, -0.1) is 0 Å². The molecule has 0 bridgehead atoms. The summed E-state index contributed by atoms with van der Waals surface area (Å²) in [7, 11) is 1.68. The standard InChI is InChI=1S/C11H14BrNO/c1-14-9-2-3-10(12)8(6-9)7-11(13)4-5-11/h2-3,6H,4-5,7,13H2,1H3. The fraction of sp³-hybridized carbons (Fsp3) is 0.455. The second-order valence-electron chi connectivity index (χ2n) is 4.00. The molecule has 0 aliphatic heterocycles. The van der Waals surface area contributed by atoms with Gasteiger partial charge in [0.05, 0.1) is 7.11 Å². The molecule has 1 aliphatic rings. The van der Waals surface area contributed by atoms with Gasteiger partial charge >= 0.3 is 0 Å². The largest absolute Gasteiger partial charge is 0.497 e. The lowest BCUT2D eigenvalue weighted by molar-refractivity contribution is 0.414. The summed E-state index contributed by atoms with van der Waals surface area (Å²) in [6, 6.07) is 6.01. The fourth-order valence-electron chi connectivity index (χ4n) is 1.53. The van der Waals surface area contributed by atoms with Crippen molar-refractivity contribution < 1.29 is 4.74 Å². The van der Waals surface area contributed by atoms with Gasteiger partial charge in [0, 0.05) is 10.0 Å². The molecule has 14 heavy (non-hydrogen) atoms. The van der Waals surface area contributed by atoms with Gasteiger partial charge in [-0.1, -0.05) is 15.9 Å². The number of halogens is 1. The van der Waals surface area contributed by atoms with Gasteiger partial charge in [0.15, 0.2) is 0 Å². The maximum atomic E-state index is 6.08. The molecule has 0 radical (unpaired) electrons. The van der Waals surface area contributed by atoms with Crippen LogP contribution in [0.3, 0.4) is 0 Å². The zero-order chi connectivity index (χ0) is 10.2. The Morgan fingerprint density at radius 1 is 1.50 bits per heavy atom. The van der Waals surface area contributed by atoms with Gasteiger partial charge < -0.3 is 10.5 Å². The van der Waals surface area contributed by atoms with Gasteiger partial charge in [-0.25, -0.2) is 0 Å². The van der Waals surface area contributed by atoms with Crippen LogP contribution < -0.4 is 10.5 Å². The average molecular weight is 256 g/mol. The van der Waals surface area contributed by atoms with Crippen molar-refractivity contribution in [1.29, 1.82) is 0 Å². The molecule has 0 unspecified atom stereocenters. The molecule has 0 amide bonds. The number of hydrogen-bond donors (Lipinski definition) is 1. The normalized spacial score (nSPS) is 17.9. The summed E-state index contributed by atoms with van der Waals surface area (Å²) in [6.07, 6.45) is 3.21. The molecule has 1 aromatic carbocycles. The highest BCUT2D eigenvalue weighted by Gasteiger charge is 2.38. The Hall–Kier alpha value is -0.540. The zero-order valence-corrected chi connectivity index (χ0v) is 9.80. The van der Waals surface area contributed by atoms with Gasteiger partial charge in [-0.3, -0.25) is 0 Å². The van der Waals surface area contributed by atoms with Gasteiger partial charge in [-0.2, -0.15) is 0 Å². The summed E-state index contributed by atoms with van der Waals surface area (Å²) in [4.78, 5) is 0. The molecule has 76 valence electrons. The monoisotopic (exact) mass is 255 g/mol. The van der Waals surface area contributed by atoms with Crippen molar-refractivity contribution in [2.24, 2.45) is 5.73 Å². The molecule has 0 spiro atoms. The van der Waals surface area contributed by atoms with Crippen molar-refractivity contribution in [3.63, 3.8) is 0 Å². The third-order valence-corrected chi connectivity index (χ3v) is 3.46. The third kappa shape index (κ3) is 2.10. The Balaban J connectivity index is 2.22. The van der Waals surface area contributed by atoms with E-state index in [4.69, 9.17) is 10.5 Å². The van der Waals surface area contributed by atoms with Crippen LogP contribution >= 0.6 is 15.9 Å². The van der Waals surface area contributed by atoms with Crippen LogP contribution in [0.5, 0.6) is 5.75 Å². The maximum absolute atomic E-state index is 6.08. The minimum absolute atomic E-state index is 0.0505. The lowest BCUT2D eigenvalue weighted by atomic mass is 10.1. The molecule has 2 rings (SSSR count). The molecule has 1 fully saturated rings. The van der Waals surface area contributed by atoms with Gasteiger partial charge in [-0.05, 0) is 43.0 Å². The first-order chi connectivity index (χ1) is 6.63. The lowest BCUT2D eigenvalue weighted by Gasteiger charge is -2.11. The fourth-order valence-corrected chi connectivity index (χ4v) is 1.92. The summed E-state index contributed by atoms with van der Waals surface area (Å²) < 4.78 is 6.30. The van der Waals surface area contributed by atoms with Crippen molar-refractivity contribution in [1.82, 2.24) is 0 Å². The van der Waals surface area contributed by atoms with Crippen LogP contribution in [-0.4, -0.2) is 12.6 Å². The smallest absolute Gasteiger partial charge is 0.119 e. The van der Waals surface area contributed by atoms with Gasteiger partial charge in [0.1, 0.15) is 5.75 Å². The number of rotatable bonds is 3. The molecule has 2 nitrogen and oxygen atoms in total. The van der Waals surface area contributed by atoms with Crippen LogP contribution in [0.1, 0.15) is 18.4 Å². The Morgan fingerprint density at radius 3 is 2.79 bits per heavy atom. The Morgan fingerprint density at radius 2 is 2.21 bits per heavy atom. The molecule has 0 heterocycles. The molecule has 0 aromatic heterocycles. The van der Waals surface area contributed by atoms with Crippen molar-refractivity contribution in [3.8, 4) is 5.75 Å². The SMILES string of the molecule is COc1ccc(Br)c(CC2(N)CC2)c1. The van der Waals surface area contributed by atoms with Crippen LogP contribution in [0.15, 0.2) is 22.7 Å². The van der Waals surface area contributed by atoms with Gasteiger partial charge in [0.25, 0.3) is 0 Å². The Labute approximate surface area is 92.6 Å². The quantitative estimate of drug-likeness (QED) is 0.901. The van der Waals surface area contributed by atoms with E-state index >= 15 is 0 Å². The Bertz CT molecular complexity index is 347. The van der Waals surface area contributed by atoms with E-state index in [2.05, 4.69) is 22.0 Å². The van der Waals surface area contributed by atoms with Crippen molar-refractivity contribution >= 4 is 15.9 Å². The van der Waals surface area contributed by atoms with E-state index in [1.807, 2.05) is 12.1 Å². The summed E-state index contributed by atoms with van der Waals surface area (Å²) in [5.41, 5.74) is 7.37. The summed E-state index contributed by atoms with van der Waals surface area (Å²) in [6.45, 7) is 0. The van der Waals surface area contributed by atoms with Crippen LogP contribution in [-0.2, 0) is 6.42 Å². The predicted octanol–water partition coefficient (Wildman–Crippen LogP) is 2.49. The highest BCUT2D eigenvalue weighted by molar-refractivity contribution is 9.10. The average Bonchev–Trinajstić information content (AvgIpc) is 2.88. The first-order valence-electron chi connectivity index (χ1n) is 4.74. The second-order valence-corrected chi connectivity index (χ2v) is 4.85. The minimum atomic E-state index is 0.0505. The number of methoxy groups -OCH3 is 1. The van der Waals surface area contributed by atoms with E-state index < -0.39 is 0 Å². The third-order valence-electron chi connectivity index (χ3n) is 2.69. The molecule has 0 atom stereocenters. The topological polar surface area (TPSA) is 35.2 Å². The first kappa shape index (κ1) is 9.99. The summed E-state index contributed by atoms with van der Waals surface area (Å²) in [5, 5.41) is 0. The molecular formula is C11H14BrNO. The minimum Gasteiger partial charge on any atom is -0.497 e. The molecule has 3 heteroatoms. The molecular weight excluding hydrogens is 242 g/mol. The van der Waals surface area contributed by atoms with E-state index in [0.717, 1.165) is 29.5 Å². The van der Waals surface area contributed by atoms with E-state index in [0.29, 0.717) is 0 Å². The lowest BCUT2D eigenvalue weighted by Crippen LogP contribution is -2.24. The van der Waals surface area contributed by atoms with E-state index in [-0.39, 0.29) is 5.54 Å². The Kier molecular flexibility index (Phi) is 2.54. The number of nitrogens with two attached hydrogens (primary N) is 1. The first-order valence-corrected chi connectivity index (χ1v) is 5.54.